The predicted molar refractivity (Wildman–Crippen MR) is 61.9 cm³/mol. The second-order valence-corrected chi connectivity index (χ2v) is 3.46. The fourth-order valence-electron chi connectivity index (χ4n) is 1.06. The number of carbonyl (C=O) groups is 2. The molecule has 1 N–H and O–H groups in total. The van der Waals surface area contributed by atoms with Crippen LogP contribution in [0.2, 0.25) is 5.02 Å². The van der Waals surface area contributed by atoms with Crippen LogP contribution in [-0.4, -0.2) is 24.2 Å². The van der Waals surface area contributed by atoms with E-state index in [1.54, 1.807) is 6.07 Å². The van der Waals surface area contributed by atoms with E-state index < -0.39 is 11.9 Å². The third-order valence-corrected chi connectivity index (χ3v) is 2.22. The number of aromatic carboxylic acids is 1. The Hall–Kier alpha value is -1.99. The van der Waals surface area contributed by atoms with E-state index in [9.17, 15) is 9.59 Å². The molecule has 0 bridgehead atoms. The Morgan fingerprint density at radius 2 is 2.18 bits per heavy atom. The average molecular weight is 253 g/mol. The molecule has 17 heavy (non-hydrogen) atoms. The molecule has 0 saturated carbocycles. The van der Waals surface area contributed by atoms with E-state index in [4.69, 9.17) is 16.7 Å². The molecule has 0 aliphatic carbocycles. The van der Waals surface area contributed by atoms with Gasteiger partial charge < -0.3 is 9.84 Å². The molecule has 5 heteroatoms. The Balaban J connectivity index is 2.89. The van der Waals surface area contributed by atoms with E-state index in [1.165, 1.54) is 19.2 Å². The van der Waals surface area contributed by atoms with Crippen LogP contribution in [-0.2, 0) is 9.53 Å². The highest BCUT2D eigenvalue weighted by Gasteiger charge is 2.08. The summed E-state index contributed by atoms with van der Waals surface area (Å²) in [5.41, 5.74) is 0.465. The SMILES string of the molecule is COC(=O)CC#Cc1ccc(Cl)c(C(=O)O)c1. The summed E-state index contributed by atoms with van der Waals surface area (Å²) in [7, 11) is 1.27. The topological polar surface area (TPSA) is 63.6 Å². The van der Waals surface area contributed by atoms with Crippen molar-refractivity contribution in [2.45, 2.75) is 6.42 Å². The highest BCUT2D eigenvalue weighted by molar-refractivity contribution is 6.33. The first kappa shape index (κ1) is 13.1. The van der Waals surface area contributed by atoms with Gasteiger partial charge in [0.15, 0.2) is 0 Å². The molecule has 0 unspecified atom stereocenters. The smallest absolute Gasteiger partial charge is 0.337 e. The lowest BCUT2D eigenvalue weighted by molar-refractivity contribution is -0.139. The first-order valence-electron chi connectivity index (χ1n) is 4.63. The first-order valence-corrected chi connectivity index (χ1v) is 5.01. The number of carboxylic acid groups (broad SMARTS) is 1. The number of hydrogen-bond donors (Lipinski definition) is 1. The van der Waals surface area contributed by atoms with Crippen LogP contribution in [0.25, 0.3) is 0 Å². The Labute approximate surface area is 103 Å². The van der Waals surface area contributed by atoms with Gasteiger partial charge in [-0.2, -0.15) is 0 Å². The van der Waals surface area contributed by atoms with Crippen LogP contribution < -0.4 is 0 Å². The summed E-state index contributed by atoms with van der Waals surface area (Å²) >= 11 is 5.70. The number of rotatable bonds is 2. The van der Waals surface area contributed by atoms with Crippen molar-refractivity contribution in [3.8, 4) is 11.8 Å². The van der Waals surface area contributed by atoms with Crippen LogP contribution in [0.5, 0.6) is 0 Å². The zero-order valence-electron chi connectivity index (χ0n) is 8.99. The highest BCUT2D eigenvalue weighted by atomic mass is 35.5. The van der Waals surface area contributed by atoms with Crippen molar-refractivity contribution in [3.05, 3.63) is 34.3 Å². The molecular weight excluding hydrogens is 244 g/mol. The monoisotopic (exact) mass is 252 g/mol. The van der Waals surface area contributed by atoms with Crippen molar-refractivity contribution in [1.29, 1.82) is 0 Å². The fraction of sp³-hybridized carbons (Fsp3) is 0.167. The molecule has 4 nitrogen and oxygen atoms in total. The Morgan fingerprint density at radius 3 is 2.76 bits per heavy atom. The molecule has 1 aromatic rings. The molecule has 0 aromatic heterocycles. The summed E-state index contributed by atoms with van der Waals surface area (Å²) in [6, 6.07) is 4.39. The van der Waals surface area contributed by atoms with Crippen molar-refractivity contribution in [2.24, 2.45) is 0 Å². The minimum atomic E-state index is -1.12. The van der Waals surface area contributed by atoms with E-state index in [0.717, 1.165) is 0 Å². The van der Waals surface area contributed by atoms with E-state index in [2.05, 4.69) is 16.6 Å². The maximum atomic E-state index is 10.8. The van der Waals surface area contributed by atoms with Gasteiger partial charge in [-0.15, -0.1) is 0 Å². The molecule has 0 atom stereocenters. The number of benzene rings is 1. The summed E-state index contributed by atoms with van der Waals surface area (Å²) in [6.07, 6.45) is -0.0401. The lowest BCUT2D eigenvalue weighted by Crippen LogP contribution is -1.98. The molecule has 88 valence electrons. The average Bonchev–Trinajstić information content (AvgIpc) is 2.30. The largest absolute Gasteiger partial charge is 0.478 e. The summed E-state index contributed by atoms with van der Waals surface area (Å²) in [6.45, 7) is 0. The zero-order valence-corrected chi connectivity index (χ0v) is 9.75. The van der Waals surface area contributed by atoms with E-state index in [1.807, 2.05) is 0 Å². The van der Waals surface area contributed by atoms with Crippen molar-refractivity contribution in [2.75, 3.05) is 7.11 Å². The first-order chi connectivity index (χ1) is 8.04. The number of methoxy groups -OCH3 is 1. The molecule has 0 fully saturated rings. The lowest BCUT2D eigenvalue weighted by atomic mass is 10.1. The molecule has 0 heterocycles. The van der Waals surface area contributed by atoms with Crippen molar-refractivity contribution >= 4 is 23.5 Å². The Morgan fingerprint density at radius 1 is 1.47 bits per heavy atom. The van der Waals surface area contributed by atoms with Gasteiger partial charge in [0, 0.05) is 5.56 Å². The third kappa shape index (κ3) is 3.82. The molecule has 0 aliphatic rings. The quantitative estimate of drug-likeness (QED) is 0.645. The summed E-state index contributed by atoms with van der Waals surface area (Å²) < 4.78 is 4.41. The molecule has 1 aromatic carbocycles. The summed E-state index contributed by atoms with van der Waals surface area (Å²) in [5.74, 6) is 3.68. The van der Waals surface area contributed by atoms with Gasteiger partial charge in [0.1, 0.15) is 6.42 Å². The van der Waals surface area contributed by atoms with Gasteiger partial charge in [0.25, 0.3) is 0 Å². The van der Waals surface area contributed by atoms with Gasteiger partial charge >= 0.3 is 11.9 Å². The highest BCUT2D eigenvalue weighted by Crippen LogP contribution is 2.17. The van der Waals surface area contributed by atoms with E-state index in [-0.39, 0.29) is 17.0 Å². The van der Waals surface area contributed by atoms with Crippen LogP contribution in [0.3, 0.4) is 0 Å². The molecule has 0 amide bonds. The Bertz CT molecular complexity index is 511. The second-order valence-electron chi connectivity index (χ2n) is 3.05. The van der Waals surface area contributed by atoms with Crippen molar-refractivity contribution in [1.82, 2.24) is 0 Å². The maximum absolute atomic E-state index is 10.8. The summed E-state index contributed by atoms with van der Waals surface area (Å²) in [5, 5.41) is 8.98. The fourth-order valence-corrected chi connectivity index (χ4v) is 1.26. The van der Waals surface area contributed by atoms with Gasteiger partial charge in [0.05, 0.1) is 17.7 Å². The molecule has 1 rings (SSSR count). The number of carboxylic acids is 1. The number of esters is 1. The zero-order chi connectivity index (χ0) is 12.8. The summed E-state index contributed by atoms with van der Waals surface area (Å²) in [4.78, 5) is 21.6. The number of halogens is 1. The van der Waals surface area contributed by atoms with Gasteiger partial charge in [-0.25, -0.2) is 4.79 Å². The standard InChI is InChI=1S/C12H9ClO4/c1-17-11(14)4-2-3-8-5-6-10(13)9(7-8)12(15)16/h5-7H,4H2,1H3,(H,15,16). The van der Waals surface area contributed by atoms with Gasteiger partial charge in [0.2, 0.25) is 0 Å². The molecule has 0 radical (unpaired) electrons. The number of hydrogen-bond acceptors (Lipinski definition) is 3. The number of carbonyl (C=O) groups excluding carboxylic acids is 1. The molecule has 0 saturated heterocycles. The molecule has 0 aliphatic heterocycles. The van der Waals surface area contributed by atoms with Crippen LogP contribution >= 0.6 is 11.6 Å². The second kappa shape index (κ2) is 5.92. The van der Waals surface area contributed by atoms with E-state index >= 15 is 0 Å². The van der Waals surface area contributed by atoms with Crippen LogP contribution in [0.15, 0.2) is 18.2 Å². The maximum Gasteiger partial charge on any atom is 0.337 e. The van der Waals surface area contributed by atoms with Crippen LogP contribution in [0.4, 0.5) is 0 Å². The number of ether oxygens (including phenoxy) is 1. The van der Waals surface area contributed by atoms with Crippen molar-refractivity contribution in [3.63, 3.8) is 0 Å². The molecular formula is C12H9ClO4. The predicted octanol–water partition coefficient (Wildman–Crippen LogP) is 1.95. The van der Waals surface area contributed by atoms with Gasteiger partial charge in [-0.1, -0.05) is 23.4 Å². The third-order valence-electron chi connectivity index (χ3n) is 1.89. The lowest BCUT2D eigenvalue weighted by Gasteiger charge is -1.98. The van der Waals surface area contributed by atoms with Gasteiger partial charge in [-0.05, 0) is 18.2 Å². The minimum Gasteiger partial charge on any atom is -0.478 e. The minimum absolute atomic E-state index is 0.0171. The van der Waals surface area contributed by atoms with Gasteiger partial charge in [-0.3, -0.25) is 4.79 Å². The normalized spacial score (nSPS) is 9.06. The van der Waals surface area contributed by atoms with Crippen molar-refractivity contribution < 1.29 is 19.4 Å². The van der Waals surface area contributed by atoms with E-state index in [0.29, 0.717) is 5.56 Å². The van der Waals surface area contributed by atoms with Crippen LogP contribution in [0, 0.1) is 11.8 Å². The Kier molecular flexibility index (Phi) is 4.56. The van der Waals surface area contributed by atoms with Crippen LogP contribution in [0.1, 0.15) is 22.3 Å². The molecule has 0 spiro atoms.